The van der Waals surface area contributed by atoms with Gasteiger partial charge in [-0.05, 0) is 43.2 Å². The molecule has 1 heterocycles. The first-order valence-electron chi connectivity index (χ1n) is 9.64. The lowest BCUT2D eigenvalue weighted by molar-refractivity contribution is -0.137. The Labute approximate surface area is 173 Å². The van der Waals surface area contributed by atoms with Gasteiger partial charge in [-0.1, -0.05) is 18.2 Å². The van der Waals surface area contributed by atoms with Crippen molar-refractivity contribution in [1.29, 1.82) is 5.26 Å². The first-order valence-corrected chi connectivity index (χ1v) is 9.64. The summed E-state index contributed by atoms with van der Waals surface area (Å²) < 4.78 is 38.7. The molecule has 5 nitrogen and oxygen atoms in total. The molecule has 1 aliphatic rings. The number of nitrogens with zero attached hydrogens (tertiary/aromatic N) is 3. The number of alkyl halides is 3. The molecule has 0 saturated carbocycles. The number of para-hydroxylation sites is 1. The van der Waals surface area contributed by atoms with E-state index in [1.807, 2.05) is 47.9 Å². The molecular weight excluding hydrogens is 393 g/mol. The zero-order valence-corrected chi connectivity index (χ0v) is 16.9. The summed E-state index contributed by atoms with van der Waals surface area (Å²) in [5, 5.41) is 12.3. The number of hydrogen-bond acceptors (Lipinski definition) is 4. The van der Waals surface area contributed by atoms with E-state index in [2.05, 4.69) is 5.32 Å². The molecule has 1 amide bonds. The second kappa shape index (κ2) is 8.76. The average Bonchev–Trinajstić information content (AvgIpc) is 2.70. The van der Waals surface area contributed by atoms with Crippen LogP contribution in [0.15, 0.2) is 36.4 Å². The highest BCUT2D eigenvalue weighted by Crippen LogP contribution is 2.33. The van der Waals surface area contributed by atoms with Gasteiger partial charge in [0.2, 0.25) is 5.91 Å². The van der Waals surface area contributed by atoms with E-state index in [1.54, 1.807) is 0 Å². The summed E-state index contributed by atoms with van der Waals surface area (Å²) >= 11 is 0. The van der Waals surface area contributed by atoms with Gasteiger partial charge in [-0.25, -0.2) is 0 Å². The highest BCUT2D eigenvalue weighted by atomic mass is 19.4. The van der Waals surface area contributed by atoms with Gasteiger partial charge in [0.25, 0.3) is 0 Å². The van der Waals surface area contributed by atoms with E-state index < -0.39 is 11.7 Å². The summed E-state index contributed by atoms with van der Waals surface area (Å²) in [7, 11) is 0. The maximum Gasteiger partial charge on any atom is 0.416 e. The number of nitrogens with one attached hydrogen (secondary N) is 1. The van der Waals surface area contributed by atoms with Crippen LogP contribution in [0.4, 0.5) is 24.5 Å². The minimum atomic E-state index is -4.48. The Morgan fingerprint density at radius 2 is 1.73 bits per heavy atom. The number of anilines is 2. The number of carbonyl (C=O) groups excluding carboxylic acids is 1. The summed E-state index contributed by atoms with van der Waals surface area (Å²) in [6.07, 6.45) is -4.48. The highest BCUT2D eigenvalue weighted by Gasteiger charge is 2.32. The number of amides is 1. The molecule has 0 aromatic heterocycles. The molecule has 2 aromatic carbocycles. The molecule has 0 spiro atoms. The van der Waals surface area contributed by atoms with Crippen molar-refractivity contribution >= 4 is 17.3 Å². The second-order valence-corrected chi connectivity index (χ2v) is 7.42. The number of hydrogen-bond donors (Lipinski definition) is 1. The van der Waals surface area contributed by atoms with Crippen LogP contribution in [0.25, 0.3) is 0 Å². The molecule has 0 atom stereocenters. The van der Waals surface area contributed by atoms with E-state index in [0.717, 1.165) is 28.9 Å². The predicted octanol–water partition coefficient (Wildman–Crippen LogP) is 3.95. The molecular formula is C22H23F3N4O. The third-order valence-corrected chi connectivity index (χ3v) is 5.27. The first kappa shape index (κ1) is 21.7. The summed E-state index contributed by atoms with van der Waals surface area (Å²) in [6.45, 7) is 6.32. The van der Waals surface area contributed by atoms with Crippen LogP contribution in [0, 0.1) is 25.2 Å². The van der Waals surface area contributed by atoms with E-state index in [0.29, 0.717) is 31.9 Å². The van der Waals surface area contributed by atoms with Crippen molar-refractivity contribution in [2.45, 2.75) is 20.0 Å². The van der Waals surface area contributed by atoms with Crippen LogP contribution in [0.5, 0.6) is 0 Å². The average molecular weight is 416 g/mol. The number of carbonyl (C=O) groups is 1. The van der Waals surface area contributed by atoms with E-state index >= 15 is 0 Å². The van der Waals surface area contributed by atoms with Crippen molar-refractivity contribution in [2.24, 2.45) is 0 Å². The molecule has 1 fully saturated rings. The molecule has 0 radical (unpaired) electrons. The molecule has 0 aliphatic carbocycles. The Kier molecular flexibility index (Phi) is 6.32. The molecule has 30 heavy (non-hydrogen) atoms. The first-order chi connectivity index (χ1) is 14.2. The number of piperazine rings is 1. The SMILES string of the molecule is Cc1cccc(C)c1NC(=O)CN1CCN(c2ccc(C(F)(F)F)cc2C#N)CC1. The second-order valence-electron chi connectivity index (χ2n) is 7.42. The molecule has 1 N–H and O–H groups in total. The Morgan fingerprint density at radius 3 is 2.30 bits per heavy atom. The Hall–Kier alpha value is -3.05. The van der Waals surface area contributed by atoms with Crippen molar-refractivity contribution in [3.63, 3.8) is 0 Å². The molecule has 3 rings (SSSR count). The minimum Gasteiger partial charge on any atom is -0.368 e. The Bertz CT molecular complexity index is 953. The van der Waals surface area contributed by atoms with E-state index in [4.69, 9.17) is 0 Å². The predicted molar refractivity (Wildman–Crippen MR) is 109 cm³/mol. The maximum absolute atomic E-state index is 12.9. The number of benzene rings is 2. The fourth-order valence-corrected chi connectivity index (χ4v) is 3.62. The van der Waals surface area contributed by atoms with Crippen LogP contribution < -0.4 is 10.2 Å². The van der Waals surface area contributed by atoms with Crippen molar-refractivity contribution in [3.8, 4) is 6.07 Å². The zero-order chi connectivity index (χ0) is 21.9. The lowest BCUT2D eigenvalue weighted by atomic mass is 10.1. The van der Waals surface area contributed by atoms with Crippen LogP contribution in [0.1, 0.15) is 22.3 Å². The normalized spacial score (nSPS) is 15.0. The van der Waals surface area contributed by atoms with Crippen LogP contribution in [-0.2, 0) is 11.0 Å². The van der Waals surface area contributed by atoms with Crippen molar-refractivity contribution in [1.82, 2.24) is 4.90 Å². The third-order valence-electron chi connectivity index (χ3n) is 5.27. The molecule has 2 aromatic rings. The van der Waals surface area contributed by atoms with Gasteiger partial charge in [-0.2, -0.15) is 18.4 Å². The van der Waals surface area contributed by atoms with Gasteiger partial charge >= 0.3 is 6.18 Å². The van der Waals surface area contributed by atoms with E-state index in [1.165, 1.54) is 6.07 Å². The van der Waals surface area contributed by atoms with Gasteiger partial charge < -0.3 is 10.2 Å². The monoisotopic (exact) mass is 416 g/mol. The van der Waals surface area contributed by atoms with Crippen molar-refractivity contribution < 1.29 is 18.0 Å². The number of rotatable bonds is 4. The fourth-order valence-electron chi connectivity index (χ4n) is 3.62. The van der Waals surface area contributed by atoms with Gasteiger partial charge in [0.05, 0.1) is 23.4 Å². The quantitative estimate of drug-likeness (QED) is 0.820. The number of nitriles is 1. The lowest BCUT2D eigenvalue weighted by Gasteiger charge is -2.36. The lowest BCUT2D eigenvalue weighted by Crippen LogP contribution is -2.49. The smallest absolute Gasteiger partial charge is 0.368 e. The van der Waals surface area contributed by atoms with Crippen LogP contribution in [-0.4, -0.2) is 43.5 Å². The van der Waals surface area contributed by atoms with Crippen LogP contribution in [0.3, 0.4) is 0 Å². The molecule has 158 valence electrons. The molecule has 8 heteroatoms. The van der Waals surface area contributed by atoms with E-state index in [-0.39, 0.29) is 18.0 Å². The fraction of sp³-hybridized carbons (Fsp3) is 0.364. The molecule has 0 unspecified atom stereocenters. The maximum atomic E-state index is 12.9. The summed E-state index contributed by atoms with van der Waals surface area (Å²) in [6, 6.07) is 10.9. The van der Waals surface area contributed by atoms with Gasteiger partial charge in [0.1, 0.15) is 6.07 Å². The standard InChI is InChI=1S/C22H23F3N4O/c1-15-4-3-5-16(2)21(15)27-20(30)14-28-8-10-29(11-9-28)19-7-6-18(22(23,24)25)12-17(19)13-26/h3-7,12H,8-11,14H2,1-2H3,(H,27,30). The summed E-state index contributed by atoms with van der Waals surface area (Å²) in [4.78, 5) is 16.3. The van der Waals surface area contributed by atoms with E-state index in [9.17, 15) is 23.2 Å². The topological polar surface area (TPSA) is 59.4 Å². The van der Waals surface area contributed by atoms with Gasteiger partial charge in [0.15, 0.2) is 0 Å². The number of aryl methyl sites for hydroxylation is 2. The number of halogens is 3. The van der Waals surface area contributed by atoms with Crippen molar-refractivity contribution in [3.05, 3.63) is 58.7 Å². The van der Waals surface area contributed by atoms with Gasteiger partial charge in [-0.15, -0.1) is 0 Å². The largest absolute Gasteiger partial charge is 0.416 e. The Morgan fingerprint density at radius 1 is 1.10 bits per heavy atom. The molecule has 1 saturated heterocycles. The minimum absolute atomic E-state index is 0.00560. The summed E-state index contributed by atoms with van der Waals surface area (Å²) in [5.74, 6) is -0.104. The zero-order valence-electron chi connectivity index (χ0n) is 16.9. The van der Waals surface area contributed by atoms with Crippen molar-refractivity contribution in [2.75, 3.05) is 42.9 Å². The summed E-state index contributed by atoms with van der Waals surface area (Å²) in [5.41, 5.74) is 2.49. The molecule has 0 bridgehead atoms. The van der Waals surface area contributed by atoms with Crippen LogP contribution in [0.2, 0.25) is 0 Å². The molecule has 1 aliphatic heterocycles. The van der Waals surface area contributed by atoms with Crippen LogP contribution >= 0.6 is 0 Å². The third kappa shape index (κ3) is 4.92. The van der Waals surface area contributed by atoms with Gasteiger partial charge in [-0.3, -0.25) is 9.69 Å². The van der Waals surface area contributed by atoms with Gasteiger partial charge in [0, 0.05) is 31.9 Å². The Balaban J connectivity index is 1.60. The highest BCUT2D eigenvalue weighted by molar-refractivity contribution is 5.93.